The second-order valence-corrected chi connectivity index (χ2v) is 5.97. The highest BCUT2D eigenvalue weighted by atomic mass is 35.5. The summed E-state index contributed by atoms with van der Waals surface area (Å²) in [4.78, 5) is 24.6. The maximum absolute atomic E-state index is 12.0. The van der Waals surface area contributed by atoms with Crippen molar-refractivity contribution in [2.75, 3.05) is 14.2 Å². The quantitative estimate of drug-likeness (QED) is 0.799. The fraction of sp³-hybridized carbons (Fsp3) is 0.467. The number of ether oxygens (including phenoxy) is 2. The average Bonchev–Trinajstić information content (AvgIpc) is 2.37. The molecule has 0 aliphatic carbocycles. The molecule has 21 heavy (non-hydrogen) atoms. The van der Waals surface area contributed by atoms with E-state index in [1.165, 1.54) is 19.1 Å². The van der Waals surface area contributed by atoms with Crippen LogP contribution in [0.1, 0.15) is 32.4 Å². The molecule has 0 aromatic heterocycles. The monoisotopic (exact) mass is 313 g/mol. The molecule has 1 rings (SSSR count). The highest BCUT2D eigenvalue weighted by Crippen LogP contribution is 2.29. The fourth-order valence-corrected chi connectivity index (χ4v) is 1.97. The second kappa shape index (κ2) is 6.80. The number of hydrogen-bond donors (Lipinski definition) is 0. The predicted molar refractivity (Wildman–Crippen MR) is 80.8 cm³/mol. The minimum atomic E-state index is -0.775. The Hall–Kier alpha value is -1.75. The third-order valence-corrected chi connectivity index (χ3v) is 3.04. The molecular formula is C15H20ClNO4. The normalized spacial score (nSPS) is 12.5. The van der Waals surface area contributed by atoms with Crippen molar-refractivity contribution in [1.82, 2.24) is 4.90 Å². The van der Waals surface area contributed by atoms with Gasteiger partial charge in [0.1, 0.15) is 23.7 Å². The van der Waals surface area contributed by atoms with Gasteiger partial charge >= 0.3 is 6.09 Å². The highest BCUT2D eigenvalue weighted by Gasteiger charge is 2.26. The molecule has 0 saturated heterocycles. The van der Waals surface area contributed by atoms with Gasteiger partial charge in [-0.25, -0.2) is 4.79 Å². The van der Waals surface area contributed by atoms with Gasteiger partial charge in [0, 0.05) is 7.05 Å². The number of likely N-dealkylation sites (N-methyl/N-ethyl adjacent to an activating group) is 1. The van der Waals surface area contributed by atoms with Gasteiger partial charge in [0.05, 0.1) is 12.1 Å². The number of amides is 1. The first-order chi connectivity index (χ1) is 9.69. The minimum absolute atomic E-state index is 0.374. The molecule has 0 bridgehead atoms. The number of carbonyl (C=O) groups excluding carboxylic acids is 2. The van der Waals surface area contributed by atoms with Crippen LogP contribution in [0.3, 0.4) is 0 Å². The van der Waals surface area contributed by atoms with Crippen molar-refractivity contribution in [1.29, 1.82) is 0 Å². The largest absolute Gasteiger partial charge is 0.495 e. The molecule has 1 aromatic rings. The van der Waals surface area contributed by atoms with Crippen molar-refractivity contribution in [3.8, 4) is 5.75 Å². The van der Waals surface area contributed by atoms with Gasteiger partial charge in [-0.15, -0.1) is 0 Å². The predicted octanol–water partition coefficient (Wildman–Crippen LogP) is 3.46. The fourth-order valence-electron chi connectivity index (χ4n) is 1.71. The van der Waals surface area contributed by atoms with E-state index >= 15 is 0 Å². The van der Waals surface area contributed by atoms with Gasteiger partial charge in [-0.05, 0) is 38.5 Å². The van der Waals surface area contributed by atoms with E-state index in [9.17, 15) is 9.59 Å². The van der Waals surface area contributed by atoms with E-state index < -0.39 is 17.7 Å². The van der Waals surface area contributed by atoms with Crippen molar-refractivity contribution in [2.24, 2.45) is 0 Å². The van der Waals surface area contributed by atoms with E-state index in [1.807, 2.05) is 0 Å². The molecule has 0 spiro atoms. The molecule has 1 unspecified atom stereocenters. The lowest BCUT2D eigenvalue weighted by Gasteiger charge is -2.28. The average molecular weight is 314 g/mol. The summed E-state index contributed by atoms with van der Waals surface area (Å²) in [6.45, 7) is 5.29. The summed E-state index contributed by atoms with van der Waals surface area (Å²) >= 11 is 6.05. The lowest BCUT2D eigenvalue weighted by molar-refractivity contribution is -0.112. The summed E-state index contributed by atoms with van der Waals surface area (Å²) in [5.74, 6) is 0.505. The first-order valence-corrected chi connectivity index (χ1v) is 6.82. The van der Waals surface area contributed by atoms with Gasteiger partial charge in [0.2, 0.25) is 0 Å². The molecule has 1 aromatic carbocycles. The van der Waals surface area contributed by atoms with Crippen LogP contribution >= 0.6 is 11.6 Å². The number of methoxy groups -OCH3 is 1. The molecule has 0 aliphatic rings. The van der Waals surface area contributed by atoms with E-state index in [1.54, 1.807) is 39.0 Å². The van der Waals surface area contributed by atoms with Crippen LogP contribution in [0.2, 0.25) is 5.02 Å². The molecule has 0 heterocycles. The van der Waals surface area contributed by atoms with E-state index in [0.29, 0.717) is 22.6 Å². The number of hydrogen-bond acceptors (Lipinski definition) is 4. The molecule has 0 saturated carbocycles. The number of aldehydes is 1. The molecule has 0 fully saturated rings. The molecule has 6 heteroatoms. The lowest BCUT2D eigenvalue weighted by atomic mass is 10.1. The SMILES string of the molecule is COc1ccc(C(C=O)N(C)C(=O)OC(C)(C)C)cc1Cl. The Morgan fingerprint density at radius 3 is 2.43 bits per heavy atom. The zero-order valence-electron chi connectivity index (χ0n) is 12.8. The van der Waals surface area contributed by atoms with Gasteiger partial charge < -0.3 is 14.3 Å². The Bertz CT molecular complexity index is 525. The lowest BCUT2D eigenvalue weighted by Crippen LogP contribution is -2.37. The summed E-state index contributed by atoms with van der Waals surface area (Å²) < 4.78 is 10.3. The molecule has 0 N–H and O–H groups in total. The van der Waals surface area contributed by atoms with Crippen LogP contribution < -0.4 is 4.74 Å². The van der Waals surface area contributed by atoms with Crippen molar-refractivity contribution in [3.63, 3.8) is 0 Å². The molecule has 0 radical (unpaired) electrons. The second-order valence-electron chi connectivity index (χ2n) is 5.57. The first kappa shape index (κ1) is 17.3. The zero-order chi connectivity index (χ0) is 16.2. The Morgan fingerprint density at radius 2 is 2.00 bits per heavy atom. The topological polar surface area (TPSA) is 55.8 Å². The summed E-state index contributed by atoms with van der Waals surface area (Å²) in [6.07, 6.45) is 0.0914. The molecule has 0 aliphatic heterocycles. The van der Waals surface area contributed by atoms with Crippen LogP contribution in [0.4, 0.5) is 4.79 Å². The van der Waals surface area contributed by atoms with E-state index in [0.717, 1.165) is 0 Å². The van der Waals surface area contributed by atoms with E-state index in [2.05, 4.69) is 0 Å². The van der Waals surface area contributed by atoms with Crippen LogP contribution in [0.5, 0.6) is 5.75 Å². The molecule has 1 atom stereocenters. The van der Waals surface area contributed by atoms with Crippen molar-refractivity contribution in [3.05, 3.63) is 28.8 Å². The van der Waals surface area contributed by atoms with E-state index in [-0.39, 0.29) is 0 Å². The smallest absolute Gasteiger partial charge is 0.410 e. The van der Waals surface area contributed by atoms with Gasteiger partial charge in [-0.1, -0.05) is 17.7 Å². The summed E-state index contributed by atoms with van der Waals surface area (Å²) in [6, 6.07) is 4.16. The molecule has 5 nitrogen and oxygen atoms in total. The van der Waals surface area contributed by atoms with Crippen LogP contribution in [-0.2, 0) is 9.53 Å². The maximum atomic E-state index is 12.0. The number of halogens is 1. The van der Waals surface area contributed by atoms with Crippen LogP contribution in [0, 0.1) is 0 Å². The summed E-state index contributed by atoms with van der Waals surface area (Å²) in [5.41, 5.74) is -0.0415. The van der Waals surface area contributed by atoms with Gasteiger partial charge in [-0.3, -0.25) is 4.90 Å². The molecular weight excluding hydrogens is 294 g/mol. The van der Waals surface area contributed by atoms with Crippen molar-refractivity contribution >= 4 is 24.0 Å². The Kier molecular flexibility index (Phi) is 5.61. The Balaban J connectivity index is 2.99. The van der Waals surface area contributed by atoms with Crippen LogP contribution in [-0.4, -0.2) is 37.0 Å². The van der Waals surface area contributed by atoms with Gasteiger partial charge in [-0.2, -0.15) is 0 Å². The summed E-state index contributed by atoms with van der Waals surface area (Å²) in [7, 11) is 3.01. The van der Waals surface area contributed by atoms with E-state index in [4.69, 9.17) is 21.1 Å². The summed E-state index contributed by atoms with van der Waals surface area (Å²) in [5, 5.41) is 0.374. The van der Waals surface area contributed by atoms with Gasteiger partial charge in [0.25, 0.3) is 0 Å². The number of benzene rings is 1. The molecule has 116 valence electrons. The standard InChI is InChI=1S/C15H20ClNO4/c1-15(2,3)21-14(19)17(4)12(9-18)10-6-7-13(20-5)11(16)8-10/h6-9,12H,1-5H3. The number of rotatable bonds is 4. The third kappa shape index (κ3) is 4.63. The first-order valence-electron chi connectivity index (χ1n) is 6.44. The Morgan fingerprint density at radius 1 is 1.38 bits per heavy atom. The van der Waals surface area contributed by atoms with Crippen LogP contribution in [0.15, 0.2) is 18.2 Å². The Labute approximate surface area is 129 Å². The van der Waals surface area contributed by atoms with Crippen molar-refractivity contribution in [2.45, 2.75) is 32.4 Å². The van der Waals surface area contributed by atoms with Gasteiger partial charge in [0.15, 0.2) is 0 Å². The third-order valence-electron chi connectivity index (χ3n) is 2.75. The highest BCUT2D eigenvalue weighted by molar-refractivity contribution is 6.32. The minimum Gasteiger partial charge on any atom is -0.495 e. The van der Waals surface area contributed by atoms with Crippen molar-refractivity contribution < 1.29 is 19.1 Å². The maximum Gasteiger partial charge on any atom is 0.410 e. The zero-order valence-corrected chi connectivity index (χ0v) is 13.6. The number of carbonyl (C=O) groups is 2. The van der Waals surface area contributed by atoms with Crippen LogP contribution in [0.25, 0.3) is 0 Å². The number of nitrogens with zero attached hydrogens (tertiary/aromatic N) is 1. The molecule has 1 amide bonds.